The van der Waals surface area contributed by atoms with E-state index in [9.17, 15) is 0 Å². The van der Waals surface area contributed by atoms with Crippen molar-refractivity contribution in [3.05, 3.63) is 36.3 Å². The van der Waals surface area contributed by atoms with E-state index in [1.165, 1.54) is 0 Å². The lowest BCUT2D eigenvalue weighted by Crippen LogP contribution is -1.97. The van der Waals surface area contributed by atoms with E-state index in [1.54, 1.807) is 42.5 Å². The monoisotopic (exact) mass is 244 g/mol. The van der Waals surface area contributed by atoms with Gasteiger partial charge in [0.15, 0.2) is 5.82 Å². The molecule has 0 saturated carbocycles. The van der Waals surface area contributed by atoms with Crippen molar-refractivity contribution in [1.29, 1.82) is 5.26 Å². The Morgan fingerprint density at radius 3 is 2.89 bits per heavy atom. The lowest BCUT2D eigenvalue weighted by atomic mass is 10.3. The fourth-order valence-corrected chi connectivity index (χ4v) is 1.32. The third-order valence-electron chi connectivity index (χ3n) is 2.11. The zero-order valence-electron chi connectivity index (χ0n) is 10.8. The van der Waals surface area contributed by atoms with E-state index < -0.39 is 0 Å². The second kappa shape index (κ2) is 7.07. The van der Waals surface area contributed by atoms with E-state index in [0.29, 0.717) is 12.2 Å². The van der Waals surface area contributed by atoms with Crippen LogP contribution in [0.1, 0.15) is 19.4 Å². The zero-order chi connectivity index (χ0) is 13.4. The summed E-state index contributed by atoms with van der Waals surface area (Å²) in [5.74, 6) is 1.39. The molecule has 0 spiro atoms. The largest absolute Gasteiger partial charge is 0.497 e. The van der Waals surface area contributed by atoms with Gasteiger partial charge in [-0.15, -0.1) is 0 Å². The molecular weight excluding hydrogens is 228 g/mol. The molecule has 94 valence electrons. The van der Waals surface area contributed by atoms with Crippen LogP contribution in [0.25, 0.3) is 5.82 Å². The van der Waals surface area contributed by atoms with Crippen molar-refractivity contribution >= 4 is 0 Å². The highest BCUT2D eigenvalue weighted by molar-refractivity contribution is 5.32. The smallest absolute Gasteiger partial charge is 0.156 e. The molecule has 2 rings (SSSR count). The molecule has 0 bridgehead atoms. The maximum atomic E-state index is 8.56. The molecule has 0 radical (unpaired) electrons. The Hall–Kier alpha value is -2.35. The number of rotatable bonds is 3. The molecule has 0 aromatic carbocycles. The first kappa shape index (κ1) is 13.7. The average Bonchev–Trinajstić information content (AvgIpc) is 2.90. The lowest BCUT2D eigenvalue weighted by molar-refractivity contribution is 0.414. The van der Waals surface area contributed by atoms with Gasteiger partial charge in [0.25, 0.3) is 0 Å². The minimum atomic E-state index is 0.351. The van der Waals surface area contributed by atoms with E-state index in [2.05, 4.69) is 16.2 Å². The Morgan fingerprint density at radius 1 is 1.44 bits per heavy atom. The number of nitrogens with zero attached hydrogens (tertiary/aromatic N) is 4. The molecule has 0 saturated heterocycles. The highest BCUT2D eigenvalue weighted by atomic mass is 16.5. The molecule has 0 aliphatic heterocycles. The van der Waals surface area contributed by atoms with Crippen LogP contribution in [-0.2, 0) is 6.42 Å². The predicted octanol–water partition coefficient (Wildman–Crippen LogP) is 2.37. The molecule has 2 aromatic rings. The number of ether oxygens (including phenoxy) is 1. The first-order valence-electron chi connectivity index (χ1n) is 5.74. The van der Waals surface area contributed by atoms with Gasteiger partial charge < -0.3 is 4.74 Å². The van der Waals surface area contributed by atoms with Gasteiger partial charge in [-0.25, -0.2) is 9.67 Å². The van der Waals surface area contributed by atoms with Crippen LogP contribution in [0.15, 0.2) is 30.7 Å². The molecule has 2 aromatic heterocycles. The molecule has 0 atom stereocenters. The van der Waals surface area contributed by atoms with E-state index in [4.69, 9.17) is 10.00 Å². The summed E-state index contributed by atoms with van der Waals surface area (Å²) >= 11 is 0. The Morgan fingerprint density at radius 2 is 2.22 bits per heavy atom. The van der Waals surface area contributed by atoms with Crippen LogP contribution in [0, 0.1) is 11.3 Å². The molecule has 0 aliphatic carbocycles. The van der Waals surface area contributed by atoms with Crippen LogP contribution < -0.4 is 4.74 Å². The standard InChI is InChI=1S/C11H10N4O.C2H6/c1-16-10-3-5-13-11(6-10)15-8-9(2-4-12)7-14-15;1-2/h3,5-8H,2H2,1H3;1-2H3. The second-order valence-electron chi connectivity index (χ2n) is 3.18. The fraction of sp³-hybridized carbons (Fsp3) is 0.308. The van der Waals surface area contributed by atoms with E-state index in [1.807, 2.05) is 13.8 Å². The van der Waals surface area contributed by atoms with Gasteiger partial charge in [0.2, 0.25) is 0 Å². The average molecular weight is 244 g/mol. The first-order valence-corrected chi connectivity index (χ1v) is 5.74. The Balaban J connectivity index is 0.000000771. The van der Waals surface area contributed by atoms with Crippen molar-refractivity contribution in [3.63, 3.8) is 0 Å². The van der Waals surface area contributed by atoms with Gasteiger partial charge in [-0.2, -0.15) is 10.4 Å². The summed E-state index contributed by atoms with van der Waals surface area (Å²) in [6.45, 7) is 4.00. The van der Waals surface area contributed by atoms with Gasteiger partial charge in [-0.1, -0.05) is 13.8 Å². The SMILES string of the molecule is CC.COc1ccnc(-n2cc(CC#N)cn2)c1. The minimum Gasteiger partial charge on any atom is -0.497 e. The Kier molecular flexibility index (Phi) is 5.39. The van der Waals surface area contributed by atoms with Gasteiger partial charge in [-0.3, -0.25) is 0 Å². The summed E-state index contributed by atoms with van der Waals surface area (Å²) in [6, 6.07) is 5.62. The van der Waals surface area contributed by atoms with Crippen molar-refractivity contribution in [2.45, 2.75) is 20.3 Å². The van der Waals surface area contributed by atoms with Crippen molar-refractivity contribution in [2.75, 3.05) is 7.11 Å². The predicted molar refractivity (Wildman–Crippen MR) is 68.6 cm³/mol. The highest BCUT2D eigenvalue weighted by Crippen LogP contribution is 2.13. The Bertz CT molecular complexity index is 528. The molecule has 0 fully saturated rings. The fourth-order valence-electron chi connectivity index (χ4n) is 1.32. The number of pyridine rings is 1. The summed E-state index contributed by atoms with van der Waals surface area (Å²) in [4.78, 5) is 4.17. The molecule has 5 nitrogen and oxygen atoms in total. The van der Waals surface area contributed by atoms with Crippen LogP contribution >= 0.6 is 0 Å². The normalized spacial score (nSPS) is 9.00. The topological polar surface area (TPSA) is 63.7 Å². The number of nitriles is 1. The minimum absolute atomic E-state index is 0.351. The van der Waals surface area contributed by atoms with Gasteiger partial charge in [0, 0.05) is 24.0 Å². The van der Waals surface area contributed by atoms with Crippen LogP contribution in [0.5, 0.6) is 5.75 Å². The molecule has 5 heteroatoms. The molecule has 0 unspecified atom stereocenters. The van der Waals surface area contributed by atoms with Gasteiger partial charge in [-0.05, 0) is 6.07 Å². The maximum Gasteiger partial charge on any atom is 0.156 e. The zero-order valence-corrected chi connectivity index (χ0v) is 10.8. The van der Waals surface area contributed by atoms with Crippen LogP contribution in [0.4, 0.5) is 0 Å². The van der Waals surface area contributed by atoms with Crippen LogP contribution in [0.3, 0.4) is 0 Å². The number of aromatic nitrogens is 3. The van der Waals surface area contributed by atoms with Crippen LogP contribution in [-0.4, -0.2) is 21.9 Å². The van der Waals surface area contributed by atoms with Crippen molar-refractivity contribution in [2.24, 2.45) is 0 Å². The number of methoxy groups -OCH3 is 1. The first-order chi connectivity index (χ1) is 8.83. The van der Waals surface area contributed by atoms with Crippen LogP contribution in [0.2, 0.25) is 0 Å². The second-order valence-corrected chi connectivity index (χ2v) is 3.18. The highest BCUT2D eigenvalue weighted by Gasteiger charge is 2.02. The van der Waals surface area contributed by atoms with E-state index in [-0.39, 0.29) is 0 Å². The van der Waals surface area contributed by atoms with E-state index in [0.717, 1.165) is 11.3 Å². The maximum absolute atomic E-state index is 8.56. The Labute approximate surface area is 107 Å². The number of hydrogen-bond donors (Lipinski definition) is 0. The van der Waals surface area contributed by atoms with Gasteiger partial charge in [0.05, 0.1) is 25.8 Å². The van der Waals surface area contributed by atoms with Crippen molar-refractivity contribution < 1.29 is 4.74 Å². The molecule has 0 N–H and O–H groups in total. The molecule has 2 heterocycles. The summed E-state index contributed by atoms with van der Waals surface area (Å²) in [5.41, 5.74) is 0.868. The van der Waals surface area contributed by atoms with E-state index >= 15 is 0 Å². The lowest BCUT2D eigenvalue weighted by Gasteiger charge is -2.02. The van der Waals surface area contributed by atoms with Crippen molar-refractivity contribution in [3.8, 4) is 17.6 Å². The molecule has 0 aliphatic rings. The quantitative estimate of drug-likeness (QED) is 0.831. The van der Waals surface area contributed by atoms with Gasteiger partial charge in [0.1, 0.15) is 5.75 Å². The van der Waals surface area contributed by atoms with Gasteiger partial charge >= 0.3 is 0 Å². The third-order valence-corrected chi connectivity index (χ3v) is 2.11. The summed E-state index contributed by atoms with van der Waals surface area (Å²) in [5, 5.41) is 12.7. The van der Waals surface area contributed by atoms with Crippen molar-refractivity contribution in [1.82, 2.24) is 14.8 Å². The molecule has 0 amide bonds. The molecule has 18 heavy (non-hydrogen) atoms. The summed E-state index contributed by atoms with van der Waals surface area (Å²) in [6.07, 6.45) is 5.44. The number of hydrogen-bond acceptors (Lipinski definition) is 4. The summed E-state index contributed by atoms with van der Waals surface area (Å²) in [7, 11) is 1.60. The molecular formula is C13H16N4O. The third kappa shape index (κ3) is 3.32. The summed E-state index contributed by atoms with van der Waals surface area (Å²) < 4.78 is 6.72.